The molecule has 3 aromatic rings. The minimum absolute atomic E-state index is 0.252. The maximum absolute atomic E-state index is 13.6. The van der Waals surface area contributed by atoms with Gasteiger partial charge in [-0.15, -0.1) is 0 Å². The van der Waals surface area contributed by atoms with Crippen molar-refractivity contribution < 1.29 is 37.7 Å². The average Bonchev–Trinajstić information content (AvgIpc) is 2.92. The highest BCUT2D eigenvalue weighted by atomic mass is 19.1. The summed E-state index contributed by atoms with van der Waals surface area (Å²) >= 11 is 0. The van der Waals surface area contributed by atoms with E-state index < -0.39 is 11.9 Å². The number of hydrogen-bond acceptors (Lipinski definition) is 7. The lowest BCUT2D eigenvalue weighted by atomic mass is 9.95. The van der Waals surface area contributed by atoms with Crippen LogP contribution in [0.2, 0.25) is 0 Å². The molecule has 0 saturated heterocycles. The van der Waals surface area contributed by atoms with E-state index in [0.717, 1.165) is 5.56 Å². The Bertz CT molecular complexity index is 1430. The lowest BCUT2D eigenvalue weighted by molar-refractivity contribution is 0.0727. The number of benzene rings is 3. The minimum Gasteiger partial charge on any atom is -0.495 e. The zero-order valence-corrected chi connectivity index (χ0v) is 24.2. The summed E-state index contributed by atoms with van der Waals surface area (Å²) in [6.07, 6.45) is 0.586. The summed E-state index contributed by atoms with van der Waals surface area (Å²) in [5, 5.41) is 0. The van der Waals surface area contributed by atoms with E-state index in [9.17, 15) is 14.0 Å². The second-order valence-electron chi connectivity index (χ2n) is 9.48. The van der Waals surface area contributed by atoms with Crippen LogP contribution in [-0.2, 0) is 0 Å². The molecule has 9 heteroatoms. The van der Waals surface area contributed by atoms with E-state index in [0.29, 0.717) is 70.4 Å². The first-order valence-electron chi connectivity index (χ1n) is 12.8. The molecule has 0 aliphatic rings. The lowest BCUT2D eigenvalue weighted by Crippen LogP contribution is -2.19. The molecule has 8 nitrogen and oxygen atoms in total. The topological polar surface area (TPSA) is 106 Å². The number of rotatable bonds is 11. The molecular formula is C31H36FNO7. The van der Waals surface area contributed by atoms with Gasteiger partial charge < -0.3 is 29.4 Å². The first-order chi connectivity index (χ1) is 18.9. The Kier molecular flexibility index (Phi) is 9.63. The van der Waals surface area contributed by atoms with Crippen LogP contribution in [0.1, 0.15) is 60.5 Å². The highest BCUT2D eigenvalue weighted by Gasteiger charge is 2.28. The van der Waals surface area contributed by atoms with Crippen molar-refractivity contribution in [3.05, 3.63) is 74.6 Å². The van der Waals surface area contributed by atoms with Crippen LogP contribution in [0.4, 0.5) is 4.39 Å². The van der Waals surface area contributed by atoms with Crippen LogP contribution >= 0.6 is 0 Å². The van der Waals surface area contributed by atoms with Gasteiger partial charge in [0.05, 0.1) is 33.0 Å². The van der Waals surface area contributed by atoms with E-state index in [1.807, 2.05) is 13.8 Å². The molecule has 3 rings (SSSR count). The van der Waals surface area contributed by atoms with Crippen molar-refractivity contribution in [1.82, 2.24) is 0 Å². The van der Waals surface area contributed by atoms with Gasteiger partial charge in [-0.05, 0) is 88.1 Å². The summed E-state index contributed by atoms with van der Waals surface area (Å²) < 4.78 is 41.8. The molecule has 0 unspecified atom stereocenters. The van der Waals surface area contributed by atoms with Gasteiger partial charge in [0.15, 0.2) is 0 Å². The third-order valence-corrected chi connectivity index (χ3v) is 7.04. The van der Waals surface area contributed by atoms with Crippen molar-refractivity contribution in [2.24, 2.45) is 5.73 Å². The maximum Gasteiger partial charge on any atom is 0.347 e. The van der Waals surface area contributed by atoms with E-state index in [2.05, 4.69) is 0 Å². The standard InChI is InChI=1S/C31H36FNO7/c1-16-19(4)27(21(6)28(36-7)24(16)30(33)34)40-31(35)25-17(2)18(3)26(20(5)29(25)37-8)39-15-9-14-38-23-12-10-22(32)11-13-23/h10-13H,9,14-15H2,1-8H3,(H2,33,34). The molecule has 40 heavy (non-hydrogen) atoms. The molecule has 3 aromatic carbocycles. The van der Waals surface area contributed by atoms with E-state index in [4.69, 9.17) is 29.4 Å². The third-order valence-electron chi connectivity index (χ3n) is 7.04. The monoisotopic (exact) mass is 553 g/mol. The van der Waals surface area contributed by atoms with Crippen molar-refractivity contribution in [2.45, 2.75) is 48.0 Å². The Balaban J connectivity index is 1.86. The smallest absolute Gasteiger partial charge is 0.347 e. The van der Waals surface area contributed by atoms with Crippen LogP contribution < -0.4 is 29.4 Å². The van der Waals surface area contributed by atoms with Crippen molar-refractivity contribution in [3.63, 3.8) is 0 Å². The Morgan fingerprint density at radius 2 is 1.18 bits per heavy atom. The van der Waals surface area contributed by atoms with Gasteiger partial charge in [0.2, 0.25) is 0 Å². The van der Waals surface area contributed by atoms with E-state index in [1.165, 1.54) is 26.4 Å². The Hall–Kier alpha value is -4.27. The van der Waals surface area contributed by atoms with Gasteiger partial charge in [0.25, 0.3) is 5.91 Å². The molecule has 0 aliphatic carbocycles. The number of carbonyl (C=O) groups is 2. The number of carbonyl (C=O) groups excluding carboxylic acids is 2. The number of halogens is 1. The maximum atomic E-state index is 13.6. The molecule has 0 saturated carbocycles. The van der Waals surface area contributed by atoms with Gasteiger partial charge in [-0.25, -0.2) is 9.18 Å². The van der Waals surface area contributed by atoms with Crippen LogP contribution in [0.5, 0.6) is 28.7 Å². The summed E-state index contributed by atoms with van der Waals surface area (Å²) in [6, 6.07) is 5.83. The molecule has 0 heterocycles. The Morgan fingerprint density at radius 3 is 1.75 bits per heavy atom. The predicted molar refractivity (Wildman–Crippen MR) is 150 cm³/mol. The molecule has 1 amide bonds. The van der Waals surface area contributed by atoms with E-state index in [-0.39, 0.29) is 22.7 Å². The molecule has 0 atom stereocenters. The van der Waals surface area contributed by atoms with Crippen molar-refractivity contribution in [3.8, 4) is 28.7 Å². The van der Waals surface area contributed by atoms with Gasteiger partial charge in [-0.2, -0.15) is 0 Å². The third kappa shape index (κ3) is 5.98. The summed E-state index contributed by atoms with van der Waals surface area (Å²) in [4.78, 5) is 25.7. The van der Waals surface area contributed by atoms with Gasteiger partial charge >= 0.3 is 5.97 Å². The van der Waals surface area contributed by atoms with Gasteiger partial charge in [-0.1, -0.05) is 0 Å². The van der Waals surface area contributed by atoms with Crippen LogP contribution in [0.15, 0.2) is 24.3 Å². The highest BCUT2D eigenvalue weighted by Crippen LogP contribution is 2.41. The molecule has 0 aromatic heterocycles. The summed E-state index contributed by atoms with van der Waals surface area (Å²) in [7, 11) is 2.92. The largest absolute Gasteiger partial charge is 0.495 e. The summed E-state index contributed by atoms with van der Waals surface area (Å²) in [6.45, 7) is 11.4. The predicted octanol–water partition coefficient (Wildman–Crippen LogP) is 5.86. The fraction of sp³-hybridized carbons (Fsp3) is 0.355. The van der Waals surface area contributed by atoms with Gasteiger partial charge in [0.1, 0.15) is 40.1 Å². The zero-order chi connectivity index (χ0) is 29.7. The normalized spacial score (nSPS) is 10.7. The van der Waals surface area contributed by atoms with Crippen LogP contribution in [0.3, 0.4) is 0 Å². The van der Waals surface area contributed by atoms with Crippen LogP contribution in [0, 0.1) is 47.4 Å². The van der Waals surface area contributed by atoms with Gasteiger partial charge in [-0.3, -0.25) is 4.79 Å². The number of amides is 1. The molecular weight excluding hydrogens is 517 g/mol. The molecule has 0 aliphatic heterocycles. The number of hydrogen-bond donors (Lipinski definition) is 1. The van der Waals surface area contributed by atoms with E-state index in [1.54, 1.807) is 39.8 Å². The quantitative estimate of drug-likeness (QED) is 0.180. The second kappa shape index (κ2) is 12.7. The van der Waals surface area contributed by atoms with Crippen molar-refractivity contribution >= 4 is 11.9 Å². The number of esters is 1. The number of methoxy groups -OCH3 is 2. The molecule has 0 radical (unpaired) electrons. The van der Waals surface area contributed by atoms with Crippen molar-refractivity contribution in [1.29, 1.82) is 0 Å². The summed E-state index contributed by atoms with van der Waals surface area (Å²) in [5.74, 6) is 0.543. The lowest BCUT2D eigenvalue weighted by Gasteiger charge is -2.22. The molecule has 0 bridgehead atoms. The average molecular weight is 554 g/mol. The van der Waals surface area contributed by atoms with Crippen LogP contribution in [0.25, 0.3) is 0 Å². The first kappa shape index (κ1) is 30.3. The highest BCUT2D eigenvalue weighted by molar-refractivity contribution is 6.00. The zero-order valence-electron chi connectivity index (χ0n) is 24.2. The van der Waals surface area contributed by atoms with E-state index >= 15 is 0 Å². The number of primary amides is 1. The van der Waals surface area contributed by atoms with Crippen LogP contribution in [-0.4, -0.2) is 39.3 Å². The molecule has 0 spiro atoms. The Morgan fingerprint density at radius 1 is 0.675 bits per heavy atom. The number of ether oxygens (including phenoxy) is 5. The Labute approximate surface area is 234 Å². The fourth-order valence-electron chi connectivity index (χ4n) is 4.72. The molecule has 214 valence electrons. The first-order valence-corrected chi connectivity index (χ1v) is 12.8. The number of nitrogens with two attached hydrogens (primary N) is 1. The fourth-order valence-corrected chi connectivity index (χ4v) is 4.72. The summed E-state index contributed by atoms with van der Waals surface area (Å²) in [5.41, 5.74) is 9.86. The van der Waals surface area contributed by atoms with Gasteiger partial charge in [0, 0.05) is 17.5 Å². The second-order valence-corrected chi connectivity index (χ2v) is 9.48. The van der Waals surface area contributed by atoms with Crippen molar-refractivity contribution in [2.75, 3.05) is 27.4 Å². The molecule has 0 fully saturated rings. The molecule has 2 N–H and O–H groups in total. The SMILES string of the molecule is COc1c(C)c(OC(=O)c2c(C)c(C)c(OCCCOc3ccc(F)cc3)c(C)c2OC)c(C)c(C)c1C(N)=O. The minimum atomic E-state index is -0.625.